The SMILES string of the molecule is COC(=O)C(CCN(C)C)c1c(C)n(C)c2cc(C(F)(F)F)c(OC)cc12. The molecule has 1 aromatic heterocycles. The number of halogens is 3. The third-order valence-electron chi connectivity index (χ3n) is 4.87. The van der Waals surface area contributed by atoms with Crippen LogP contribution in [0.3, 0.4) is 0 Å². The fourth-order valence-corrected chi connectivity index (χ4v) is 3.36. The van der Waals surface area contributed by atoms with Crippen molar-refractivity contribution in [1.29, 1.82) is 0 Å². The highest BCUT2D eigenvalue weighted by Gasteiger charge is 2.36. The Labute approximate surface area is 156 Å². The zero-order chi connectivity index (χ0) is 20.5. The van der Waals surface area contributed by atoms with Crippen LogP contribution in [0.4, 0.5) is 13.2 Å². The summed E-state index contributed by atoms with van der Waals surface area (Å²) < 4.78 is 51.8. The van der Waals surface area contributed by atoms with Crippen LogP contribution < -0.4 is 4.74 Å². The zero-order valence-electron chi connectivity index (χ0n) is 16.4. The third-order valence-corrected chi connectivity index (χ3v) is 4.87. The van der Waals surface area contributed by atoms with E-state index in [1.54, 1.807) is 18.5 Å². The van der Waals surface area contributed by atoms with Crippen molar-refractivity contribution in [1.82, 2.24) is 9.47 Å². The van der Waals surface area contributed by atoms with Crippen molar-refractivity contribution in [2.75, 3.05) is 34.9 Å². The Hall–Kier alpha value is -2.22. The Bertz CT molecular complexity index is 841. The van der Waals surface area contributed by atoms with Gasteiger partial charge in [0.1, 0.15) is 5.75 Å². The van der Waals surface area contributed by atoms with Crippen LogP contribution in [0.5, 0.6) is 5.75 Å². The predicted molar refractivity (Wildman–Crippen MR) is 97.1 cm³/mol. The van der Waals surface area contributed by atoms with Crippen molar-refractivity contribution in [3.05, 3.63) is 29.0 Å². The van der Waals surface area contributed by atoms with Crippen molar-refractivity contribution in [2.24, 2.45) is 7.05 Å². The number of aromatic nitrogens is 1. The van der Waals surface area contributed by atoms with Gasteiger partial charge >= 0.3 is 12.1 Å². The second-order valence-corrected chi connectivity index (χ2v) is 6.79. The van der Waals surface area contributed by atoms with Crippen LogP contribution in [0.2, 0.25) is 0 Å². The minimum absolute atomic E-state index is 0.266. The highest BCUT2D eigenvalue weighted by molar-refractivity contribution is 5.93. The van der Waals surface area contributed by atoms with Gasteiger partial charge in [0.15, 0.2) is 0 Å². The highest BCUT2D eigenvalue weighted by atomic mass is 19.4. The first-order chi connectivity index (χ1) is 12.5. The van der Waals surface area contributed by atoms with Crippen LogP contribution >= 0.6 is 0 Å². The van der Waals surface area contributed by atoms with E-state index in [1.807, 2.05) is 19.0 Å². The Morgan fingerprint density at radius 3 is 2.37 bits per heavy atom. The van der Waals surface area contributed by atoms with Crippen LogP contribution in [-0.4, -0.2) is 50.3 Å². The van der Waals surface area contributed by atoms with Crippen LogP contribution in [-0.2, 0) is 22.8 Å². The monoisotopic (exact) mass is 386 g/mol. The first-order valence-corrected chi connectivity index (χ1v) is 8.49. The lowest BCUT2D eigenvalue weighted by atomic mass is 9.92. The molecule has 0 fully saturated rings. The normalized spacial score (nSPS) is 13.3. The molecule has 0 N–H and O–H groups in total. The summed E-state index contributed by atoms with van der Waals surface area (Å²) in [6, 6.07) is 2.44. The Morgan fingerprint density at radius 1 is 1.26 bits per heavy atom. The van der Waals surface area contributed by atoms with Gasteiger partial charge in [-0.15, -0.1) is 0 Å². The number of rotatable bonds is 6. The molecule has 0 amide bonds. The molecule has 5 nitrogen and oxygen atoms in total. The van der Waals surface area contributed by atoms with Crippen molar-refractivity contribution in [2.45, 2.75) is 25.4 Å². The van der Waals surface area contributed by atoms with Gasteiger partial charge in [-0.25, -0.2) is 0 Å². The summed E-state index contributed by atoms with van der Waals surface area (Å²) >= 11 is 0. The van der Waals surface area contributed by atoms with Gasteiger partial charge in [-0.3, -0.25) is 4.79 Å². The Kier molecular flexibility index (Phi) is 6.09. The number of methoxy groups -OCH3 is 2. The van der Waals surface area contributed by atoms with E-state index < -0.39 is 23.6 Å². The third kappa shape index (κ3) is 4.05. The zero-order valence-corrected chi connectivity index (χ0v) is 16.4. The Morgan fingerprint density at radius 2 is 1.89 bits per heavy atom. The van der Waals surface area contributed by atoms with E-state index in [-0.39, 0.29) is 5.75 Å². The molecule has 150 valence electrons. The molecule has 2 aromatic rings. The van der Waals surface area contributed by atoms with E-state index in [0.717, 1.165) is 11.8 Å². The maximum absolute atomic E-state index is 13.4. The molecule has 8 heteroatoms. The van der Waals surface area contributed by atoms with E-state index >= 15 is 0 Å². The molecule has 1 aromatic carbocycles. The number of ether oxygens (including phenoxy) is 2. The molecule has 1 heterocycles. The first-order valence-electron chi connectivity index (χ1n) is 8.49. The molecular formula is C19H25F3N2O3. The van der Waals surface area contributed by atoms with Gasteiger partial charge in [0.25, 0.3) is 0 Å². The van der Waals surface area contributed by atoms with Gasteiger partial charge < -0.3 is 18.9 Å². The molecule has 27 heavy (non-hydrogen) atoms. The smallest absolute Gasteiger partial charge is 0.420 e. The van der Waals surface area contributed by atoms with E-state index in [0.29, 0.717) is 29.4 Å². The van der Waals surface area contributed by atoms with E-state index in [9.17, 15) is 18.0 Å². The van der Waals surface area contributed by atoms with Crippen LogP contribution in [0.25, 0.3) is 10.9 Å². The largest absolute Gasteiger partial charge is 0.496 e. The van der Waals surface area contributed by atoms with Crippen molar-refractivity contribution < 1.29 is 27.4 Å². The lowest BCUT2D eigenvalue weighted by Crippen LogP contribution is -2.22. The van der Waals surface area contributed by atoms with Gasteiger partial charge in [0, 0.05) is 23.6 Å². The standard InChI is InChI=1S/C19H25F3N2O3/c1-11-17(12(18(25)27-6)7-8-23(2)3)13-9-16(26-5)14(19(20,21)22)10-15(13)24(11)4/h9-10,12H,7-8H2,1-6H3. The average Bonchev–Trinajstić information content (AvgIpc) is 2.84. The Balaban J connectivity index is 2.75. The predicted octanol–water partition coefficient (Wildman–Crippen LogP) is 3.72. The minimum atomic E-state index is -4.54. The molecule has 0 bridgehead atoms. The van der Waals surface area contributed by atoms with Gasteiger partial charge in [-0.05, 0) is 51.7 Å². The summed E-state index contributed by atoms with van der Waals surface area (Å²) in [6.07, 6.45) is -4.05. The molecule has 0 saturated heterocycles. The molecule has 0 saturated carbocycles. The second kappa shape index (κ2) is 7.80. The summed E-state index contributed by atoms with van der Waals surface area (Å²) in [6.45, 7) is 2.42. The maximum atomic E-state index is 13.4. The summed E-state index contributed by atoms with van der Waals surface area (Å²) in [5.74, 6) is -1.26. The van der Waals surface area contributed by atoms with E-state index in [2.05, 4.69) is 0 Å². The van der Waals surface area contributed by atoms with Gasteiger partial charge in [0.2, 0.25) is 0 Å². The number of aryl methyl sites for hydroxylation is 1. The van der Waals surface area contributed by atoms with E-state index in [1.165, 1.54) is 20.3 Å². The van der Waals surface area contributed by atoms with Crippen LogP contribution in [0.1, 0.15) is 29.2 Å². The van der Waals surface area contributed by atoms with Gasteiger partial charge in [-0.2, -0.15) is 13.2 Å². The summed E-state index contributed by atoms with van der Waals surface area (Å²) in [5, 5.41) is 0.564. The number of carbonyl (C=O) groups excluding carboxylic acids is 1. The number of esters is 1. The lowest BCUT2D eigenvalue weighted by Gasteiger charge is -2.18. The molecule has 0 aliphatic carbocycles. The average molecular weight is 386 g/mol. The van der Waals surface area contributed by atoms with Gasteiger partial charge in [-0.1, -0.05) is 0 Å². The topological polar surface area (TPSA) is 43.7 Å². The molecule has 0 radical (unpaired) electrons. The number of nitrogens with zero attached hydrogens (tertiary/aromatic N) is 2. The maximum Gasteiger partial charge on any atom is 0.420 e. The van der Waals surface area contributed by atoms with Crippen molar-refractivity contribution >= 4 is 16.9 Å². The number of alkyl halides is 3. The molecule has 0 aliphatic rings. The number of carbonyl (C=O) groups is 1. The highest BCUT2D eigenvalue weighted by Crippen LogP contribution is 2.42. The number of benzene rings is 1. The molecule has 0 aliphatic heterocycles. The molecule has 0 spiro atoms. The lowest BCUT2D eigenvalue weighted by molar-refractivity contribution is -0.142. The molecule has 1 atom stereocenters. The summed E-state index contributed by atoms with van der Waals surface area (Å²) in [4.78, 5) is 14.4. The van der Waals surface area contributed by atoms with Crippen molar-refractivity contribution in [3.63, 3.8) is 0 Å². The summed E-state index contributed by atoms with van der Waals surface area (Å²) in [7, 11) is 7.99. The number of hydrogen-bond donors (Lipinski definition) is 0. The molecule has 2 rings (SSSR count). The summed E-state index contributed by atoms with van der Waals surface area (Å²) in [5.41, 5.74) is 0.954. The molecule has 1 unspecified atom stereocenters. The quantitative estimate of drug-likeness (QED) is 0.710. The fraction of sp³-hybridized carbons (Fsp3) is 0.526. The molecular weight excluding hydrogens is 361 g/mol. The minimum Gasteiger partial charge on any atom is -0.496 e. The first kappa shape index (κ1) is 21.1. The van der Waals surface area contributed by atoms with Gasteiger partial charge in [0.05, 0.1) is 25.7 Å². The fourth-order valence-electron chi connectivity index (χ4n) is 3.36. The van der Waals surface area contributed by atoms with Crippen LogP contribution in [0, 0.1) is 6.92 Å². The van der Waals surface area contributed by atoms with E-state index in [4.69, 9.17) is 9.47 Å². The number of fused-ring (bicyclic) bond motifs is 1. The second-order valence-electron chi connectivity index (χ2n) is 6.79. The van der Waals surface area contributed by atoms with Crippen molar-refractivity contribution in [3.8, 4) is 5.75 Å². The van der Waals surface area contributed by atoms with Crippen LogP contribution in [0.15, 0.2) is 12.1 Å². The number of hydrogen-bond acceptors (Lipinski definition) is 4.